The van der Waals surface area contributed by atoms with E-state index in [-0.39, 0.29) is 11.4 Å². The first-order valence-corrected chi connectivity index (χ1v) is 8.23. The number of ether oxygens (including phenoxy) is 1. The Balaban J connectivity index is 2.18. The molecule has 1 N–H and O–H groups in total. The van der Waals surface area contributed by atoms with Crippen molar-refractivity contribution in [2.45, 2.75) is 6.54 Å². The SMILES string of the molecule is COc1ccc(Cn2c(Br)c(Br)c3c(O)cnc(C#N)c32)cc1. The zero-order valence-corrected chi connectivity index (χ0v) is 15.2. The van der Waals surface area contributed by atoms with Gasteiger partial charge in [0.15, 0.2) is 5.69 Å². The van der Waals surface area contributed by atoms with E-state index in [0.29, 0.717) is 21.9 Å². The van der Waals surface area contributed by atoms with E-state index in [2.05, 4.69) is 42.9 Å². The van der Waals surface area contributed by atoms with E-state index >= 15 is 0 Å². The van der Waals surface area contributed by atoms with Gasteiger partial charge in [-0.15, -0.1) is 0 Å². The molecule has 0 saturated carbocycles. The van der Waals surface area contributed by atoms with E-state index in [1.165, 1.54) is 6.20 Å². The quantitative estimate of drug-likeness (QED) is 0.667. The van der Waals surface area contributed by atoms with Crippen LogP contribution in [-0.2, 0) is 6.54 Å². The van der Waals surface area contributed by atoms with Crippen LogP contribution in [0.5, 0.6) is 11.5 Å². The molecule has 0 atom stereocenters. The van der Waals surface area contributed by atoms with Crippen molar-refractivity contribution in [3.05, 3.63) is 50.8 Å². The van der Waals surface area contributed by atoms with Crippen molar-refractivity contribution in [3.63, 3.8) is 0 Å². The van der Waals surface area contributed by atoms with Gasteiger partial charge in [0.25, 0.3) is 0 Å². The van der Waals surface area contributed by atoms with Crippen molar-refractivity contribution in [2.75, 3.05) is 7.11 Å². The van der Waals surface area contributed by atoms with Crippen LogP contribution < -0.4 is 4.74 Å². The number of aromatic hydroxyl groups is 1. The van der Waals surface area contributed by atoms with E-state index in [9.17, 15) is 10.4 Å². The smallest absolute Gasteiger partial charge is 0.165 e. The van der Waals surface area contributed by atoms with Crippen LogP contribution in [0.15, 0.2) is 39.5 Å². The average molecular weight is 437 g/mol. The maximum absolute atomic E-state index is 10.1. The van der Waals surface area contributed by atoms with Crippen molar-refractivity contribution in [1.82, 2.24) is 9.55 Å². The van der Waals surface area contributed by atoms with Gasteiger partial charge in [0.1, 0.15) is 22.2 Å². The second-order valence-electron chi connectivity index (χ2n) is 4.87. The number of nitriles is 1. The number of halogens is 2. The maximum Gasteiger partial charge on any atom is 0.165 e. The Labute approximate surface area is 149 Å². The molecule has 2 aromatic heterocycles. The van der Waals surface area contributed by atoms with Crippen LogP contribution in [0.3, 0.4) is 0 Å². The molecule has 1 aromatic carbocycles. The molecular weight excluding hydrogens is 426 g/mol. The summed E-state index contributed by atoms with van der Waals surface area (Å²) in [6, 6.07) is 9.74. The number of benzene rings is 1. The van der Waals surface area contributed by atoms with Gasteiger partial charge in [-0.2, -0.15) is 5.26 Å². The first kappa shape index (κ1) is 15.8. The van der Waals surface area contributed by atoms with Crippen LogP contribution in [0.2, 0.25) is 0 Å². The molecule has 0 fully saturated rings. The van der Waals surface area contributed by atoms with E-state index in [0.717, 1.165) is 15.9 Å². The Morgan fingerprint density at radius 2 is 2.00 bits per heavy atom. The fourth-order valence-electron chi connectivity index (χ4n) is 2.43. The first-order valence-electron chi connectivity index (χ1n) is 6.65. The van der Waals surface area contributed by atoms with Crippen molar-refractivity contribution in [1.29, 1.82) is 5.26 Å². The zero-order chi connectivity index (χ0) is 16.6. The molecular formula is C16H11Br2N3O2. The zero-order valence-electron chi connectivity index (χ0n) is 12.0. The van der Waals surface area contributed by atoms with Gasteiger partial charge in [-0.3, -0.25) is 0 Å². The van der Waals surface area contributed by atoms with Crippen LogP contribution in [-0.4, -0.2) is 21.8 Å². The predicted molar refractivity (Wildman–Crippen MR) is 93.6 cm³/mol. The lowest BCUT2D eigenvalue weighted by atomic mass is 10.2. The summed E-state index contributed by atoms with van der Waals surface area (Å²) in [4.78, 5) is 4.02. The fourth-order valence-corrected chi connectivity index (χ4v) is 3.54. The molecule has 0 aliphatic rings. The molecule has 0 saturated heterocycles. The Hall–Kier alpha value is -2.04. The molecule has 7 heteroatoms. The number of aromatic nitrogens is 2. The Bertz CT molecular complexity index is 927. The summed E-state index contributed by atoms with van der Waals surface area (Å²) in [6.45, 7) is 0.520. The van der Waals surface area contributed by atoms with Gasteiger partial charge in [0.05, 0.1) is 28.7 Å². The van der Waals surface area contributed by atoms with Crippen LogP contribution in [0.1, 0.15) is 11.3 Å². The Morgan fingerprint density at radius 3 is 2.61 bits per heavy atom. The highest BCUT2D eigenvalue weighted by atomic mass is 79.9. The molecule has 116 valence electrons. The summed E-state index contributed by atoms with van der Waals surface area (Å²) in [7, 11) is 1.62. The first-order chi connectivity index (χ1) is 11.1. The highest BCUT2D eigenvalue weighted by Gasteiger charge is 2.20. The normalized spacial score (nSPS) is 10.7. The maximum atomic E-state index is 10.1. The molecule has 0 unspecified atom stereocenters. The summed E-state index contributed by atoms with van der Waals surface area (Å²) >= 11 is 6.99. The monoisotopic (exact) mass is 435 g/mol. The molecule has 0 aliphatic carbocycles. The highest BCUT2D eigenvalue weighted by Crippen LogP contribution is 2.40. The number of methoxy groups -OCH3 is 1. The van der Waals surface area contributed by atoms with Gasteiger partial charge in [0.2, 0.25) is 0 Å². The molecule has 0 amide bonds. The van der Waals surface area contributed by atoms with Gasteiger partial charge in [-0.1, -0.05) is 12.1 Å². The second-order valence-corrected chi connectivity index (χ2v) is 6.41. The highest BCUT2D eigenvalue weighted by molar-refractivity contribution is 9.13. The van der Waals surface area contributed by atoms with Crippen LogP contribution in [0.25, 0.3) is 10.9 Å². The minimum atomic E-state index is 0.0278. The predicted octanol–water partition coefficient (Wildman–Crippen LogP) is 4.20. The van der Waals surface area contributed by atoms with E-state index in [1.807, 2.05) is 28.8 Å². The average Bonchev–Trinajstić information content (AvgIpc) is 2.82. The van der Waals surface area contributed by atoms with Gasteiger partial charge < -0.3 is 14.4 Å². The topological polar surface area (TPSA) is 71.1 Å². The Morgan fingerprint density at radius 1 is 1.30 bits per heavy atom. The summed E-state index contributed by atoms with van der Waals surface area (Å²) in [5.41, 5.74) is 1.88. The van der Waals surface area contributed by atoms with E-state index in [4.69, 9.17) is 4.74 Å². The van der Waals surface area contributed by atoms with Crippen molar-refractivity contribution in [2.24, 2.45) is 0 Å². The van der Waals surface area contributed by atoms with Crippen LogP contribution >= 0.6 is 31.9 Å². The lowest BCUT2D eigenvalue weighted by Crippen LogP contribution is -2.02. The third-order valence-electron chi connectivity index (χ3n) is 3.55. The van der Waals surface area contributed by atoms with Crippen molar-refractivity contribution in [3.8, 4) is 17.6 Å². The largest absolute Gasteiger partial charge is 0.506 e. The number of nitrogens with zero attached hydrogens (tertiary/aromatic N) is 3. The van der Waals surface area contributed by atoms with E-state index < -0.39 is 0 Å². The van der Waals surface area contributed by atoms with Gasteiger partial charge in [-0.05, 0) is 49.6 Å². The van der Waals surface area contributed by atoms with Crippen molar-refractivity contribution >= 4 is 42.8 Å². The van der Waals surface area contributed by atoms with Gasteiger partial charge in [0, 0.05) is 6.54 Å². The molecule has 5 nitrogen and oxygen atoms in total. The van der Waals surface area contributed by atoms with Gasteiger partial charge >= 0.3 is 0 Å². The molecule has 2 heterocycles. The number of hydrogen-bond donors (Lipinski definition) is 1. The molecule has 0 radical (unpaired) electrons. The summed E-state index contributed by atoms with van der Waals surface area (Å²) < 4.78 is 8.49. The number of hydrogen-bond acceptors (Lipinski definition) is 4. The fraction of sp³-hybridized carbons (Fsp3) is 0.125. The summed E-state index contributed by atoms with van der Waals surface area (Å²) in [6.07, 6.45) is 1.29. The standard InChI is InChI=1S/C16H11Br2N3O2/c1-23-10-4-2-9(3-5-10)8-21-15-11(6-19)20-7-12(22)13(15)14(17)16(21)18/h2-5,7,22H,8H2,1H3. The molecule has 0 spiro atoms. The molecule has 3 rings (SSSR count). The lowest BCUT2D eigenvalue weighted by Gasteiger charge is -2.09. The minimum absolute atomic E-state index is 0.0278. The molecule has 0 aliphatic heterocycles. The Kier molecular flexibility index (Phi) is 4.28. The molecule has 3 aromatic rings. The minimum Gasteiger partial charge on any atom is -0.506 e. The van der Waals surface area contributed by atoms with E-state index in [1.54, 1.807) is 7.11 Å². The molecule has 0 bridgehead atoms. The lowest BCUT2D eigenvalue weighted by molar-refractivity contribution is 0.414. The summed E-state index contributed by atoms with van der Waals surface area (Å²) in [5, 5.41) is 20.0. The second kappa shape index (κ2) is 6.22. The number of pyridine rings is 1. The van der Waals surface area contributed by atoms with Crippen molar-refractivity contribution < 1.29 is 9.84 Å². The summed E-state index contributed by atoms with van der Waals surface area (Å²) in [5.74, 6) is 0.809. The van der Waals surface area contributed by atoms with Crippen LogP contribution in [0.4, 0.5) is 0 Å². The third kappa shape index (κ3) is 2.69. The number of fused-ring (bicyclic) bond motifs is 1. The molecule has 23 heavy (non-hydrogen) atoms. The van der Waals surface area contributed by atoms with Crippen LogP contribution in [0, 0.1) is 11.3 Å². The third-order valence-corrected chi connectivity index (χ3v) is 5.68. The van der Waals surface area contributed by atoms with Gasteiger partial charge in [-0.25, -0.2) is 4.98 Å². The number of rotatable bonds is 3.